The molecule has 51 heavy (non-hydrogen) atoms. The average molecular weight is 651 g/mol. The number of anilines is 3. The van der Waals surface area contributed by atoms with Crippen molar-refractivity contribution in [2.24, 2.45) is 0 Å². The Morgan fingerprint density at radius 1 is 0.294 bits per heavy atom. The Kier molecular flexibility index (Phi) is 6.78. The molecule has 0 saturated heterocycles. The molecule has 0 spiro atoms. The highest BCUT2D eigenvalue weighted by atomic mass is 15.2. The molecule has 4 heteroatoms. The number of hydrogen-bond donors (Lipinski definition) is 0. The first-order chi connectivity index (χ1) is 25.3. The zero-order chi connectivity index (χ0) is 33.7. The maximum atomic E-state index is 5.16. The van der Waals surface area contributed by atoms with E-state index in [1.54, 1.807) is 0 Å². The van der Waals surface area contributed by atoms with Crippen LogP contribution in [-0.2, 0) is 0 Å². The van der Waals surface area contributed by atoms with Gasteiger partial charge in [-0.25, -0.2) is 15.0 Å². The fourth-order valence-electron chi connectivity index (χ4n) is 7.49. The summed E-state index contributed by atoms with van der Waals surface area (Å²) >= 11 is 0. The summed E-state index contributed by atoms with van der Waals surface area (Å²) in [6, 6.07) is 63.9. The van der Waals surface area contributed by atoms with Crippen molar-refractivity contribution in [3.05, 3.63) is 182 Å². The molecule has 0 unspecified atom stereocenters. The van der Waals surface area contributed by atoms with E-state index in [0.717, 1.165) is 44.4 Å². The van der Waals surface area contributed by atoms with Gasteiger partial charge in [0.1, 0.15) is 0 Å². The number of rotatable bonds is 5. The van der Waals surface area contributed by atoms with E-state index in [-0.39, 0.29) is 0 Å². The second kappa shape index (κ2) is 11.9. The average Bonchev–Trinajstić information content (AvgIpc) is 3.21. The molecular formula is C47H30N4. The van der Waals surface area contributed by atoms with Crippen LogP contribution >= 0.6 is 0 Å². The highest BCUT2D eigenvalue weighted by Crippen LogP contribution is 2.52. The molecule has 1 aliphatic rings. The third-order valence-electron chi connectivity index (χ3n) is 9.86. The summed E-state index contributed by atoms with van der Waals surface area (Å²) in [5.74, 6) is 1.92. The lowest BCUT2D eigenvalue weighted by molar-refractivity contribution is 1.08. The van der Waals surface area contributed by atoms with Crippen LogP contribution in [0, 0.1) is 0 Å². The number of fused-ring (bicyclic) bond motifs is 3. The Morgan fingerprint density at radius 2 is 0.784 bits per heavy atom. The third kappa shape index (κ3) is 4.88. The Hall–Kier alpha value is -6.91. The fourth-order valence-corrected chi connectivity index (χ4v) is 7.49. The lowest BCUT2D eigenvalue weighted by Gasteiger charge is -2.34. The molecule has 8 aromatic carbocycles. The number of nitrogens with zero attached hydrogens (tertiary/aromatic N) is 4. The predicted molar refractivity (Wildman–Crippen MR) is 210 cm³/mol. The van der Waals surface area contributed by atoms with Crippen molar-refractivity contribution >= 4 is 38.6 Å². The highest BCUT2D eigenvalue weighted by molar-refractivity contribution is 6.16. The Bertz CT molecular complexity index is 2730. The van der Waals surface area contributed by atoms with Gasteiger partial charge < -0.3 is 4.90 Å². The van der Waals surface area contributed by atoms with Gasteiger partial charge in [0, 0.05) is 33.0 Å². The summed E-state index contributed by atoms with van der Waals surface area (Å²) < 4.78 is 0. The van der Waals surface area contributed by atoms with E-state index in [0.29, 0.717) is 17.5 Å². The fraction of sp³-hybridized carbons (Fsp3) is 0. The normalized spacial score (nSPS) is 11.9. The maximum Gasteiger partial charge on any atom is 0.164 e. The number of aromatic nitrogens is 3. The van der Waals surface area contributed by atoms with E-state index in [9.17, 15) is 0 Å². The number of hydrogen-bond acceptors (Lipinski definition) is 4. The third-order valence-corrected chi connectivity index (χ3v) is 9.86. The van der Waals surface area contributed by atoms with Crippen LogP contribution in [0.1, 0.15) is 0 Å². The van der Waals surface area contributed by atoms with Gasteiger partial charge in [-0.2, -0.15) is 0 Å². The van der Waals surface area contributed by atoms with Crippen LogP contribution in [0.25, 0.3) is 78.0 Å². The molecular weight excluding hydrogens is 621 g/mol. The molecule has 1 aliphatic heterocycles. The Labute approximate surface area is 296 Å². The van der Waals surface area contributed by atoms with Crippen LogP contribution in [0.15, 0.2) is 182 Å². The molecule has 0 aliphatic carbocycles. The van der Waals surface area contributed by atoms with Crippen molar-refractivity contribution in [1.82, 2.24) is 15.0 Å². The first-order valence-corrected chi connectivity index (χ1v) is 17.2. The molecule has 4 nitrogen and oxygen atoms in total. The molecule has 2 heterocycles. The molecule has 10 rings (SSSR count). The lowest BCUT2D eigenvalue weighted by Crippen LogP contribution is -2.15. The molecule has 0 radical (unpaired) electrons. The van der Waals surface area contributed by atoms with Gasteiger partial charge in [0.05, 0.1) is 17.1 Å². The van der Waals surface area contributed by atoms with Gasteiger partial charge >= 0.3 is 0 Å². The molecule has 1 aromatic heterocycles. The van der Waals surface area contributed by atoms with Crippen LogP contribution in [0.2, 0.25) is 0 Å². The molecule has 0 atom stereocenters. The zero-order valence-corrected chi connectivity index (χ0v) is 27.6. The topological polar surface area (TPSA) is 41.9 Å². The number of benzene rings is 8. The summed E-state index contributed by atoms with van der Waals surface area (Å²) in [7, 11) is 0. The molecule has 238 valence electrons. The zero-order valence-electron chi connectivity index (χ0n) is 27.6. The van der Waals surface area contributed by atoms with Gasteiger partial charge in [0.2, 0.25) is 0 Å². The van der Waals surface area contributed by atoms with Crippen LogP contribution < -0.4 is 4.90 Å². The van der Waals surface area contributed by atoms with Gasteiger partial charge in [-0.1, -0.05) is 164 Å². The van der Waals surface area contributed by atoms with Crippen molar-refractivity contribution < 1.29 is 0 Å². The highest BCUT2D eigenvalue weighted by Gasteiger charge is 2.27. The first-order valence-electron chi connectivity index (χ1n) is 17.2. The second-order valence-electron chi connectivity index (χ2n) is 12.8. The van der Waals surface area contributed by atoms with Crippen LogP contribution in [-0.4, -0.2) is 15.0 Å². The molecule has 0 N–H and O–H groups in total. The largest absolute Gasteiger partial charge is 0.309 e. The summed E-state index contributed by atoms with van der Waals surface area (Å²) in [6.07, 6.45) is 0. The second-order valence-corrected chi connectivity index (χ2v) is 12.8. The van der Waals surface area contributed by atoms with Crippen molar-refractivity contribution in [2.75, 3.05) is 4.90 Å². The minimum Gasteiger partial charge on any atom is -0.309 e. The Morgan fingerprint density at radius 3 is 1.57 bits per heavy atom. The van der Waals surface area contributed by atoms with E-state index in [4.69, 9.17) is 15.0 Å². The van der Waals surface area contributed by atoms with Crippen molar-refractivity contribution in [3.63, 3.8) is 0 Å². The van der Waals surface area contributed by atoms with Crippen LogP contribution in [0.3, 0.4) is 0 Å². The van der Waals surface area contributed by atoms with E-state index in [1.165, 1.54) is 33.2 Å². The SMILES string of the molecule is c1ccc(-c2ccc(-c3nc(-c4ccccc4)nc(-c4cccc5c(N6c7ccccc7-c7cccc8cccc6c78)cccc45)n3)cc2)cc1. The first kappa shape index (κ1) is 29.0. The summed E-state index contributed by atoms with van der Waals surface area (Å²) in [5, 5.41) is 4.69. The minimum absolute atomic E-state index is 0.639. The molecule has 0 fully saturated rings. The van der Waals surface area contributed by atoms with Crippen LogP contribution in [0.5, 0.6) is 0 Å². The van der Waals surface area contributed by atoms with Gasteiger partial charge in [0.15, 0.2) is 17.5 Å². The summed E-state index contributed by atoms with van der Waals surface area (Å²) in [5.41, 5.74) is 11.1. The van der Waals surface area contributed by atoms with Crippen molar-refractivity contribution in [2.45, 2.75) is 0 Å². The van der Waals surface area contributed by atoms with Gasteiger partial charge in [-0.15, -0.1) is 0 Å². The standard InChI is InChI=1S/C47H30N4/c1-3-13-31(14-4-1)32-27-29-35(30-28-32)46-48-45(34-15-5-2-6-16-34)49-47(50-46)40-23-11-21-37-36(40)20-12-25-42(37)51-41-24-8-7-19-38(41)39-22-9-17-33-18-10-26-43(51)44(33)39/h1-30H. The predicted octanol–water partition coefficient (Wildman–Crippen LogP) is 12.3. The number of para-hydroxylation sites is 1. The minimum atomic E-state index is 0.639. The quantitative estimate of drug-likeness (QED) is 0.186. The smallest absolute Gasteiger partial charge is 0.164 e. The van der Waals surface area contributed by atoms with Gasteiger partial charge in [0.25, 0.3) is 0 Å². The monoisotopic (exact) mass is 650 g/mol. The van der Waals surface area contributed by atoms with E-state index in [2.05, 4.69) is 163 Å². The van der Waals surface area contributed by atoms with Gasteiger partial charge in [-0.05, 0) is 45.7 Å². The van der Waals surface area contributed by atoms with E-state index in [1.807, 2.05) is 24.3 Å². The summed E-state index contributed by atoms with van der Waals surface area (Å²) in [6.45, 7) is 0. The van der Waals surface area contributed by atoms with Crippen LogP contribution in [0.4, 0.5) is 17.1 Å². The molecule has 9 aromatic rings. The van der Waals surface area contributed by atoms with Gasteiger partial charge in [-0.3, -0.25) is 0 Å². The molecule has 0 bridgehead atoms. The molecule has 0 saturated carbocycles. The Balaban J connectivity index is 1.16. The molecule has 0 amide bonds. The summed E-state index contributed by atoms with van der Waals surface area (Å²) in [4.78, 5) is 17.7. The lowest BCUT2D eigenvalue weighted by atomic mass is 9.90. The maximum absolute atomic E-state index is 5.16. The van der Waals surface area contributed by atoms with E-state index < -0.39 is 0 Å². The van der Waals surface area contributed by atoms with E-state index >= 15 is 0 Å². The van der Waals surface area contributed by atoms with Crippen molar-refractivity contribution in [3.8, 4) is 56.4 Å². The van der Waals surface area contributed by atoms with Crippen molar-refractivity contribution in [1.29, 1.82) is 0 Å².